The number of hydrogen-bond acceptors (Lipinski definition) is 4. The van der Waals surface area contributed by atoms with Crippen molar-refractivity contribution in [2.75, 3.05) is 13.2 Å². The summed E-state index contributed by atoms with van der Waals surface area (Å²) in [5, 5.41) is 10.2. The van der Waals surface area contributed by atoms with E-state index in [0.717, 1.165) is 0 Å². The van der Waals surface area contributed by atoms with Crippen LogP contribution in [0.1, 0.15) is 24.6 Å². The highest BCUT2D eigenvalue weighted by Gasteiger charge is 2.38. The van der Waals surface area contributed by atoms with Gasteiger partial charge in [0.1, 0.15) is 5.76 Å². The van der Waals surface area contributed by atoms with E-state index in [9.17, 15) is 5.11 Å². The van der Waals surface area contributed by atoms with Crippen molar-refractivity contribution in [2.45, 2.75) is 24.5 Å². The lowest BCUT2D eigenvalue weighted by Crippen LogP contribution is -2.45. The first-order chi connectivity index (χ1) is 6.72. The van der Waals surface area contributed by atoms with Crippen LogP contribution in [0.25, 0.3) is 0 Å². The molecule has 0 aromatic carbocycles. The predicted octanol–water partition coefficient (Wildman–Crippen LogP) is 0.821. The molecule has 14 heavy (non-hydrogen) atoms. The van der Waals surface area contributed by atoms with E-state index in [-0.39, 0.29) is 0 Å². The Balaban J connectivity index is 2.13. The molecule has 0 amide bonds. The maximum atomic E-state index is 10.2. The molecule has 4 nitrogen and oxygen atoms in total. The first-order valence-electron chi connectivity index (χ1n) is 4.81. The van der Waals surface area contributed by atoms with Crippen LogP contribution in [0.4, 0.5) is 0 Å². The molecule has 0 aliphatic carbocycles. The lowest BCUT2D eigenvalue weighted by Gasteiger charge is -2.35. The molecule has 0 saturated carbocycles. The molecule has 1 unspecified atom stereocenters. The minimum absolute atomic E-state index is 0.457. The van der Waals surface area contributed by atoms with Crippen molar-refractivity contribution < 1.29 is 14.3 Å². The van der Waals surface area contributed by atoms with Gasteiger partial charge in [-0.15, -0.1) is 0 Å². The molecule has 2 rings (SSSR count). The molecule has 1 saturated heterocycles. The van der Waals surface area contributed by atoms with Crippen molar-refractivity contribution in [3.8, 4) is 0 Å². The number of furan rings is 1. The molecule has 1 aliphatic rings. The van der Waals surface area contributed by atoms with Crippen LogP contribution in [0.2, 0.25) is 0 Å². The van der Waals surface area contributed by atoms with Crippen molar-refractivity contribution in [3.63, 3.8) is 0 Å². The van der Waals surface area contributed by atoms with Gasteiger partial charge in [-0.3, -0.25) is 0 Å². The number of aliphatic hydroxyl groups is 1. The highest BCUT2D eigenvalue weighted by Crippen LogP contribution is 2.32. The largest absolute Gasteiger partial charge is 0.468 e. The van der Waals surface area contributed by atoms with Crippen LogP contribution in [0.15, 0.2) is 22.8 Å². The highest BCUT2D eigenvalue weighted by atomic mass is 16.5. The molecule has 2 heterocycles. The van der Waals surface area contributed by atoms with E-state index in [0.29, 0.717) is 31.8 Å². The second-order valence-electron chi connectivity index (χ2n) is 3.71. The van der Waals surface area contributed by atoms with Crippen LogP contribution in [0.5, 0.6) is 0 Å². The van der Waals surface area contributed by atoms with Crippen LogP contribution >= 0.6 is 0 Å². The summed E-state index contributed by atoms with van der Waals surface area (Å²) in [6.07, 6.45) is 2.70. The Morgan fingerprint density at radius 3 is 2.71 bits per heavy atom. The number of hydrogen-bond donors (Lipinski definition) is 2. The van der Waals surface area contributed by atoms with E-state index in [2.05, 4.69) is 0 Å². The Morgan fingerprint density at radius 2 is 2.14 bits per heavy atom. The van der Waals surface area contributed by atoms with Gasteiger partial charge in [0, 0.05) is 26.1 Å². The SMILES string of the molecule is NC(c1ccco1)C1(O)CCOCC1. The Bertz CT molecular complexity index is 278. The molecule has 0 bridgehead atoms. The van der Waals surface area contributed by atoms with Crippen molar-refractivity contribution in [1.82, 2.24) is 0 Å². The lowest BCUT2D eigenvalue weighted by molar-refractivity contribution is -0.0822. The molecule has 4 heteroatoms. The molecule has 1 aromatic rings. The van der Waals surface area contributed by atoms with Crippen LogP contribution < -0.4 is 5.73 Å². The molecule has 1 aliphatic heterocycles. The van der Waals surface area contributed by atoms with Crippen molar-refractivity contribution in [2.24, 2.45) is 5.73 Å². The summed E-state index contributed by atoms with van der Waals surface area (Å²) in [6.45, 7) is 1.12. The zero-order chi connectivity index (χ0) is 10.0. The van der Waals surface area contributed by atoms with E-state index in [1.165, 1.54) is 0 Å². The third-order valence-electron chi connectivity index (χ3n) is 2.79. The van der Waals surface area contributed by atoms with Crippen LogP contribution in [-0.4, -0.2) is 23.9 Å². The summed E-state index contributed by atoms with van der Waals surface area (Å²) in [4.78, 5) is 0. The monoisotopic (exact) mass is 197 g/mol. The van der Waals surface area contributed by atoms with E-state index < -0.39 is 11.6 Å². The van der Waals surface area contributed by atoms with Crippen LogP contribution in [-0.2, 0) is 4.74 Å². The summed E-state index contributed by atoms with van der Waals surface area (Å²) in [7, 11) is 0. The predicted molar refractivity (Wildman–Crippen MR) is 50.6 cm³/mol. The summed E-state index contributed by atoms with van der Waals surface area (Å²) in [5.74, 6) is 0.634. The van der Waals surface area contributed by atoms with Crippen molar-refractivity contribution in [3.05, 3.63) is 24.2 Å². The second-order valence-corrected chi connectivity index (χ2v) is 3.71. The van der Waals surface area contributed by atoms with Crippen molar-refractivity contribution >= 4 is 0 Å². The topological polar surface area (TPSA) is 68.6 Å². The average molecular weight is 197 g/mol. The molecular formula is C10H15NO3. The first kappa shape index (κ1) is 9.71. The van der Waals surface area contributed by atoms with Gasteiger partial charge in [-0.1, -0.05) is 0 Å². The molecule has 1 aromatic heterocycles. The van der Waals surface area contributed by atoms with Crippen molar-refractivity contribution in [1.29, 1.82) is 0 Å². The van der Waals surface area contributed by atoms with E-state index in [1.807, 2.05) is 0 Å². The number of rotatable bonds is 2. The quantitative estimate of drug-likeness (QED) is 0.736. The van der Waals surface area contributed by atoms with Gasteiger partial charge < -0.3 is 20.0 Å². The minimum atomic E-state index is -0.879. The Morgan fingerprint density at radius 1 is 1.43 bits per heavy atom. The summed E-state index contributed by atoms with van der Waals surface area (Å²) in [6, 6.07) is 3.11. The zero-order valence-corrected chi connectivity index (χ0v) is 7.98. The second kappa shape index (κ2) is 3.73. The normalized spacial score (nSPS) is 23.3. The molecular weight excluding hydrogens is 182 g/mol. The molecule has 0 spiro atoms. The van der Waals surface area contributed by atoms with Crippen LogP contribution in [0.3, 0.4) is 0 Å². The van der Waals surface area contributed by atoms with E-state index in [4.69, 9.17) is 14.9 Å². The average Bonchev–Trinajstić information content (AvgIpc) is 2.70. The minimum Gasteiger partial charge on any atom is -0.468 e. The third-order valence-corrected chi connectivity index (χ3v) is 2.79. The van der Waals surface area contributed by atoms with Gasteiger partial charge >= 0.3 is 0 Å². The van der Waals surface area contributed by atoms with Gasteiger partial charge in [0.05, 0.1) is 17.9 Å². The molecule has 1 fully saturated rings. The van der Waals surface area contributed by atoms with Crippen LogP contribution in [0, 0.1) is 0 Å². The summed E-state index contributed by atoms with van der Waals surface area (Å²) >= 11 is 0. The van der Waals surface area contributed by atoms with Gasteiger partial charge in [0.25, 0.3) is 0 Å². The van der Waals surface area contributed by atoms with Gasteiger partial charge in [0.15, 0.2) is 0 Å². The Hall–Kier alpha value is -0.840. The van der Waals surface area contributed by atoms with E-state index >= 15 is 0 Å². The van der Waals surface area contributed by atoms with E-state index in [1.54, 1.807) is 18.4 Å². The molecule has 1 atom stereocenters. The summed E-state index contributed by atoms with van der Waals surface area (Å²) in [5.41, 5.74) is 5.07. The van der Waals surface area contributed by atoms with Gasteiger partial charge in [-0.05, 0) is 12.1 Å². The fraction of sp³-hybridized carbons (Fsp3) is 0.600. The fourth-order valence-electron chi connectivity index (χ4n) is 1.77. The lowest BCUT2D eigenvalue weighted by atomic mass is 9.85. The standard InChI is InChI=1S/C10H15NO3/c11-9(8-2-1-5-14-8)10(12)3-6-13-7-4-10/h1-2,5,9,12H,3-4,6-7,11H2. The first-order valence-corrected chi connectivity index (χ1v) is 4.81. The maximum Gasteiger partial charge on any atom is 0.123 e. The maximum absolute atomic E-state index is 10.2. The molecule has 0 radical (unpaired) electrons. The Kier molecular flexibility index (Phi) is 2.58. The smallest absolute Gasteiger partial charge is 0.123 e. The number of ether oxygens (including phenoxy) is 1. The van der Waals surface area contributed by atoms with Gasteiger partial charge in [-0.25, -0.2) is 0 Å². The zero-order valence-electron chi connectivity index (χ0n) is 7.98. The Labute approximate surface area is 82.7 Å². The molecule has 78 valence electrons. The number of nitrogens with two attached hydrogens (primary N) is 1. The fourth-order valence-corrected chi connectivity index (χ4v) is 1.77. The van der Waals surface area contributed by atoms with Gasteiger partial charge in [-0.2, -0.15) is 0 Å². The highest BCUT2D eigenvalue weighted by molar-refractivity contribution is 5.10. The molecule has 3 N–H and O–H groups in total. The summed E-state index contributed by atoms with van der Waals surface area (Å²) < 4.78 is 10.4. The van der Waals surface area contributed by atoms with Gasteiger partial charge in [0.2, 0.25) is 0 Å². The third kappa shape index (κ3) is 1.68.